The molecule has 0 aromatic carbocycles. The number of rotatable bonds is 6. The molecule has 5 heteroatoms. The molecule has 0 amide bonds. The number of piperazine rings is 1. The first-order chi connectivity index (χ1) is 9.12. The molecule has 5 nitrogen and oxygen atoms in total. The van der Waals surface area contributed by atoms with Gasteiger partial charge in [0.05, 0.1) is 0 Å². The van der Waals surface area contributed by atoms with Gasteiger partial charge >= 0.3 is 0 Å². The van der Waals surface area contributed by atoms with Crippen molar-refractivity contribution in [3.05, 3.63) is 0 Å². The molecule has 0 saturated carbocycles. The summed E-state index contributed by atoms with van der Waals surface area (Å²) in [5.41, 5.74) is 6.03. The fraction of sp³-hybridized carbons (Fsp3) is 1.00. The molecule has 0 radical (unpaired) electrons. The van der Waals surface area contributed by atoms with E-state index in [1.54, 1.807) is 14.2 Å². The third-order valence-corrected chi connectivity index (χ3v) is 4.92. The fourth-order valence-corrected chi connectivity index (χ4v) is 3.44. The van der Waals surface area contributed by atoms with Crippen molar-refractivity contribution in [2.75, 3.05) is 46.9 Å². The molecule has 0 aromatic heterocycles. The molecule has 0 aliphatic carbocycles. The number of fused-ring (bicyclic) bond motifs is 1. The molecule has 2 aliphatic heterocycles. The summed E-state index contributed by atoms with van der Waals surface area (Å²) in [6.45, 7) is 7.56. The van der Waals surface area contributed by atoms with Gasteiger partial charge in [0.1, 0.15) is 0 Å². The molecular weight excluding hydrogens is 242 g/mol. The molecule has 2 unspecified atom stereocenters. The fourth-order valence-electron chi connectivity index (χ4n) is 3.44. The van der Waals surface area contributed by atoms with E-state index in [2.05, 4.69) is 16.7 Å². The summed E-state index contributed by atoms with van der Waals surface area (Å²) >= 11 is 0. The number of ether oxygens (including phenoxy) is 2. The second-order valence-electron chi connectivity index (χ2n) is 6.08. The van der Waals surface area contributed by atoms with Gasteiger partial charge in [0.25, 0.3) is 0 Å². The van der Waals surface area contributed by atoms with Gasteiger partial charge in [-0.15, -0.1) is 0 Å². The topological polar surface area (TPSA) is 51.0 Å². The second kappa shape index (κ2) is 6.50. The van der Waals surface area contributed by atoms with E-state index in [1.807, 2.05) is 0 Å². The minimum absolute atomic E-state index is 0.0363. The van der Waals surface area contributed by atoms with Gasteiger partial charge in [0.15, 0.2) is 6.29 Å². The minimum atomic E-state index is -0.171. The Morgan fingerprint density at radius 2 is 2.00 bits per heavy atom. The molecular formula is C14H29N3O2. The normalized spacial score (nSPS) is 28.6. The third-order valence-electron chi connectivity index (χ3n) is 4.92. The van der Waals surface area contributed by atoms with Gasteiger partial charge in [-0.05, 0) is 26.3 Å². The van der Waals surface area contributed by atoms with Crippen molar-refractivity contribution in [3.63, 3.8) is 0 Å². The summed E-state index contributed by atoms with van der Waals surface area (Å²) in [6.07, 6.45) is 3.32. The molecule has 2 N–H and O–H groups in total. The van der Waals surface area contributed by atoms with Gasteiger partial charge < -0.3 is 15.2 Å². The predicted octanol–water partition coefficient (Wildman–Crippen LogP) is 0.493. The highest BCUT2D eigenvalue weighted by atomic mass is 16.7. The molecule has 112 valence electrons. The van der Waals surface area contributed by atoms with Crippen molar-refractivity contribution in [2.45, 2.75) is 44.1 Å². The van der Waals surface area contributed by atoms with E-state index in [0.29, 0.717) is 6.54 Å². The molecule has 2 saturated heterocycles. The highest BCUT2D eigenvalue weighted by Gasteiger charge is 2.39. The summed E-state index contributed by atoms with van der Waals surface area (Å²) in [7, 11) is 3.39. The maximum Gasteiger partial charge on any atom is 0.158 e. The number of nitrogens with two attached hydrogens (primary N) is 1. The second-order valence-corrected chi connectivity index (χ2v) is 6.08. The molecule has 19 heavy (non-hydrogen) atoms. The lowest BCUT2D eigenvalue weighted by Crippen LogP contribution is -2.61. The van der Waals surface area contributed by atoms with Crippen LogP contribution in [0.3, 0.4) is 0 Å². The van der Waals surface area contributed by atoms with Crippen molar-refractivity contribution in [1.29, 1.82) is 0 Å². The first kappa shape index (κ1) is 15.2. The van der Waals surface area contributed by atoms with E-state index in [0.717, 1.165) is 25.6 Å². The van der Waals surface area contributed by atoms with Crippen molar-refractivity contribution in [3.8, 4) is 0 Å². The lowest BCUT2D eigenvalue weighted by atomic mass is 9.93. The zero-order valence-electron chi connectivity index (χ0n) is 12.6. The number of methoxy groups -OCH3 is 2. The minimum Gasteiger partial charge on any atom is -0.356 e. The molecule has 2 fully saturated rings. The molecule has 0 aromatic rings. The zero-order valence-corrected chi connectivity index (χ0v) is 12.6. The van der Waals surface area contributed by atoms with Crippen LogP contribution in [0.2, 0.25) is 0 Å². The molecule has 0 bridgehead atoms. The van der Waals surface area contributed by atoms with Crippen LogP contribution < -0.4 is 5.73 Å². The van der Waals surface area contributed by atoms with Crippen LogP contribution in [0.15, 0.2) is 0 Å². The van der Waals surface area contributed by atoms with Crippen LogP contribution in [-0.2, 0) is 9.47 Å². The third kappa shape index (κ3) is 3.28. The lowest BCUT2D eigenvalue weighted by Gasteiger charge is -2.48. The Hall–Kier alpha value is -0.200. The molecule has 2 heterocycles. The van der Waals surface area contributed by atoms with E-state index in [-0.39, 0.29) is 11.8 Å². The quantitative estimate of drug-likeness (QED) is 0.713. The summed E-state index contributed by atoms with van der Waals surface area (Å²) < 4.78 is 10.7. The summed E-state index contributed by atoms with van der Waals surface area (Å²) in [5, 5.41) is 0. The molecule has 2 atom stereocenters. The largest absolute Gasteiger partial charge is 0.356 e. The van der Waals surface area contributed by atoms with Gasteiger partial charge in [-0.3, -0.25) is 9.80 Å². The van der Waals surface area contributed by atoms with Crippen molar-refractivity contribution in [1.82, 2.24) is 9.80 Å². The molecule has 2 rings (SSSR count). The van der Waals surface area contributed by atoms with Crippen LogP contribution >= 0.6 is 0 Å². The van der Waals surface area contributed by atoms with E-state index < -0.39 is 0 Å². The van der Waals surface area contributed by atoms with Crippen LogP contribution in [0, 0.1) is 0 Å². The van der Waals surface area contributed by atoms with Crippen LogP contribution in [-0.4, -0.2) is 74.6 Å². The van der Waals surface area contributed by atoms with Gasteiger partial charge in [0.2, 0.25) is 0 Å². The lowest BCUT2D eigenvalue weighted by molar-refractivity contribution is -0.132. The Bertz CT molecular complexity index is 286. The van der Waals surface area contributed by atoms with Crippen LogP contribution in [0.1, 0.15) is 26.2 Å². The maximum atomic E-state index is 6.07. The van der Waals surface area contributed by atoms with Crippen molar-refractivity contribution < 1.29 is 9.47 Å². The highest BCUT2D eigenvalue weighted by molar-refractivity contribution is 4.96. The van der Waals surface area contributed by atoms with Crippen LogP contribution in [0.5, 0.6) is 0 Å². The molecule has 0 spiro atoms. The van der Waals surface area contributed by atoms with E-state index >= 15 is 0 Å². The van der Waals surface area contributed by atoms with Gasteiger partial charge in [-0.25, -0.2) is 0 Å². The van der Waals surface area contributed by atoms with E-state index in [1.165, 1.54) is 25.9 Å². The molecule has 2 aliphatic rings. The zero-order chi connectivity index (χ0) is 13.9. The summed E-state index contributed by atoms with van der Waals surface area (Å²) in [4.78, 5) is 5.17. The number of hydrogen-bond donors (Lipinski definition) is 1. The van der Waals surface area contributed by atoms with Crippen molar-refractivity contribution >= 4 is 0 Å². The van der Waals surface area contributed by atoms with Crippen LogP contribution in [0.25, 0.3) is 0 Å². The summed E-state index contributed by atoms with van der Waals surface area (Å²) in [6, 6.07) is 0.725. The van der Waals surface area contributed by atoms with Crippen LogP contribution in [0.4, 0.5) is 0 Å². The number of nitrogens with zero attached hydrogens (tertiary/aromatic N) is 2. The monoisotopic (exact) mass is 271 g/mol. The van der Waals surface area contributed by atoms with E-state index in [4.69, 9.17) is 15.2 Å². The standard InChI is InChI=1S/C14H29N3O2/c1-14(11-15,9-13(18-2)19-3)17-8-7-16-6-4-5-12(16)10-17/h12-13H,4-11,15H2,1-3H3. The first-order valence-electron chi connectivity index (χ1n) is 7.37. The predicted molar refractivity (Wildman–Crippen MR) is 76.1 cm³/mol. The Labute approximate surface area is 117 Å². The van der Waals surface area contributed by atoms with E-state index in [9.17, 15) is 0 Å². The van der Waals surface area contributed by atoms with Crippen molar-refractivity contribution in [2.24, 2.45) is 5.73 Å². The smallest absolute Gasteiger partial charge is 0.158 e. The maximum absolute atomic E-state index is 6.07. The van der Waals surface area contributed by atoms with Gasteiger partial charge in [-0.1, -0.05) is 0 Å². The summed E-state index contributed by atoms with van der Waals surface area (Å²) in [5.74, 6) is 0. The van der Waals surface area contributed by atoms with Gasteiger partial charge in [0, 0.05) is 58.4 Å². The van der Waals surface area contributed by atoms with Gasteiger partial charge in [-0.2, -0.15) is 0 Å². The first-order valence-corrected chi connectivity index (χ1v) is 7.37. The Morgan fingerprint density at radius 1 is 1.26 bits per heavy atom. The Morgan fingerprint density at radius 3 is 2.63 bits per heavy atom. The number of hydrogen-bond acceptors (Lipinski definition) is 5. The SMILES string of the molecule is COC(CC(C)(CN)N1CCN2CCCC2C1)OC. The Kier molecular flexibility index (Phi) is 5.20. The average Bonchev–Trinajstić information content (AvgIpc) is 2.91. The average molecular weight is 271 g/mol. The Balaban J connectivity index is 1.99. The highest BCUT2D eigenvalue weighted by Crippen LogP contribution is 2.28.